The molecule has 0 aromatic heterocycles. The molecule has 0 saturated carbocycles. The van der Waals surface area contributed by atoms with Gasteiger partial charge in [-0.1, -0.05) is 17.7 Å². The molecule has 1 rings (SSSR count). The van der Waals surface area contributed by atoms with Crippen molar-refractivity contribution < 1.29 is 5.11 Å². The quantitative estimate of drug-likeness (QED) is 0.675. The molecule has 0 heterocycles. The summed E-state index contributed by atoms with van der Waals surface area (Å²) in [5.41, 5.74) is 1.44. The van der Waals surface area contributed by atoms with Gasteiger partial charge in [-0.15, -0.1) is 0 Å². The predicted molar refractivity (Wildman–Crippen MR) is 46.8 cm³/mol. The number of benzene rings is 1. The minimum Gasteiger partial charge on any atom is -0.374 e. The molecule has 1 N–H and O–H groups in total. The van der Waals surface area contributed by atoms with Crippen LogP contribution >= 0.6 is 11.6 Å². The first-order valence-electron chi connectivity index (χ1n) is 3.49. The van der Waals surface area contributed by atoms with E-state index in [1.54, 1.807) is 24.3 Å². The summed E-state index contributed by atoms with van der Waals surface area (Å²) in [4.78, 5) is 0. The lowest BCUT2D eigenvalue weighted by molar-refractivity contribution is 0.235. The molecule has 1 aromatic carbocycles. The summed E-state index contributed by atoms with van der Waals surface area (Å²) in [6, 6.07) is 6.79. The Morgan fingerprint density at radius 3 is 2.75 bits per heavy atom. The van der Waals surface area contributed by atoms with E-state index in [2.05, 4.69) is 0 Å². The highest BCUT2D eigenvalue weighted by atomic mass is 35.5. The van der Waals surface area contributed by atoms with Gasteiger partial charge in [-0.3, -0.25) is 0 Å². The Kier molecular flexibility index (Phi) is 2.69. The van der Waals surface area contributed by atoms with Crippen molar-refractivity contribution in [2.45, 2.75) is 13.0 Å². The Balaban J connectivity index is 3.11. The second-order valence-electron chi connectivity index (χ2n) is 2.53. The number of aliphatic hydroxyl groups excluding tert-OH is 1. The lowest BCUT2D eigenvalue weighted by Crippen LogP contribution is -1.95. The Labute approximate surface area is 76.0 Å². The lowest BCUT2D eigenvalue weighted by atomic mass is 10.0. The van der Waals surface area contributed by atoms with Crippen molar-refractivity contribution >= 4 is 11.6 Å². The Bertz CT molecular complexity index is 330. The Hall–Kier alpha value is -1.04. The smallest absolute Gasteiger partial charge is 0.166 e. The second-order valence-corrected chi connectivity index (χ2v) is 2.97. The first-order chi connectivity index (χ1) is 5.65. The van der Waals surface area contributed by atoms with Gasteiger partial charge >= 0.3 is 0 Å². The molecule has 2 nitrogen and oxygen atoms in total. The zero-order valence-corrected chi connectivity index (χ0v) is 7.34. The number of hydrogen-bond donors (Lipinski definition) is 1. The van der Waals surface area contributed by atoms with Gasteiger partial charge in [-0.05, 0) is 30.2 Å². The normalized spacial score (nSPS) is 12.2. The summed E-state index contributed by atoms with van der Waals surface area (Å²) in [7, 11) is 0. The molecule has 0 aliphatic carbocycles. The second kappa shape index (κ2) is 3.57. The SMILES string of the molecule is Cc1cc(Cl)ccc1C(O)C#N. The molecule has 0 saturated heterocycles. The highest BCUT2D eigenvalue weighted by Crippen LogP contribution is 2.20. The maximum atomic E-state index is 9.20. The van der Waals surface area contributed by atoms with E-state index in [1.807, 2.05) is 6.92 Å². The molecule has 12 heavy (non-hydrogen) atoms. The van der Waals surface area contributed by atoms with Crippen molar-refractivity contribution in [3.8, 4) is 6.07 Å². The fourth-order valence-corrected chi connectivity index (χ4v) is 1.24. The number of aryl methyl sites for hydroxylation is 1. The van der Waals surface area contributed by atoms with Crippen LogP contribution < -0.4 is 0 Å². The van der Waals surface area contributed by atoms with E-state index in [9.17, 15) is 5.11 Å². The molecular weight excluding hydrogens is 174 g/mol. The van der Waals surface area contributed by atoms with Gasteiger partial charge in [-0.25, -0.2) is 0 Å². The third-order valence-electron chi connectivity index (χ3n) is 1.65. The summed E-state index contributed by atoms with van der Waals surface area (Å²) in [5, 5.41) is 18.3. The van der Waals surface area contributed by atoms with Crippen molar-refractivity contribution in [2.75, 3.05) is 0 Å². The van der Waals surface area contributed by atoms with Crippen LogP contribution in [-0.4, -0.2) is 5.11 Å². The van der Waals surface area contributed by atoms with Gasteiger partial charge in [0.15, 0.2) is 6.10 Å². The van der Waals surface area contributed by atoms with Crippen LogP contribution in [0.3, 0.4) is 0 Å². The summed E-state index contributed by atoms with van der Waals surface area (Å²) >= 11 is 5.70. The first-order valence-corrected chi connectivity index (χ1v) is 3.86. The van der Waals surface area contributed by atoms with Crippen LogP contribution in [0.5, 0.6) is 0 Å². The minimum atomic E-state index is -1.05. The van der Waals surface area contributed by atoms with Crippen LogP contribution in [-0.2, 0) is 0 Å². The van der Waals surface area contributed by atoms with E-state index < -0.39 is 6.10 Å². The average Bonchev–Trinajstić information content (AvgIpc) is 2.03. The van der Waals surface area contributed by atoms with E-state index >= 15 is 0 Å². The maximum absolute atomic E-state index is 9.20. The van der Waals surface area contributed by atoms with E-state index in [-0.39, 0.29) is 0 Å². The molecule has 3 heteroatoms. The number of nitriles is 1. The molecule has 0 fully saturated rings. The van der Waals surface area contributed by atoms with Crippen molar-refractivity contribution in [1.29, 1.82) is 5.26 Å². The first kappa shape index (κ1) is 9.05. The highest BCUT2D eigenvalue weighted by molar-refractivity contribution is 6.30. The molecule has 1 aromatic rings. The largest absolute Gasteiger partial charge is 0.374 e. The van der Waals surface area contributed by atoms with Crippen LogP contribution in [0.15, 0.2) is 18.2 Å². The van der Waals surface area contributed by atoms with E-state index in [4.69, 9.17) is 16.9 Å². The van der Waals surface area contributed by atoms with Crippen molar-refractivity contribution in [3.05, 3.63) is 34.3 Å². The molecule has 0 aliphatic heterocycles. The minimum absolute atomic E-state index is 0.612. The topological polar surface area (TPSA) is 44.0 Å². The standard InChI is InChI=1S/C9H8ClNO/c1-6-4-7(10)2-3-8(6)9(12)5-11/h2-4,9,12H,1H3. The summed E-state index contributed by atoms with van der Waals surface area (Å²) in [6.45, 7) is 1.81. The molecular formula is C9H8ClNO. The number of halogens is 1. The molecule has 0 amide bonds. The molecule has 0 aliphatic rings. The molecule has 0 radical (unpaired) electrons. The average molecular weight is 182 g/mol. The van der Waals surface area contributed by atoms with Crippen molar-refractivity contribution in [2.24, 2.45) is 0 Å². The Morgan fingerprint density at radius 2 is 2.25 bits per heavy atom. The summed E-state index contributed by atoms with van der Waals surface area (Å²) in [6.07, 6.45) is -1.05. The van der Waals surface area contributed by atoms with Gasteiger partial charge in [0, 0.05) is 5.02 Å². The molecule has 1 atom stereocenters. The number of aliphatic hydroxyl groups is 1. The van der Waals surface area contributed by atoms with Crippen LogP contribution in [0.4, 0.5) is 0 Å². The van der Waals surface area contributed by atoms with E-state index in [0.29, 0.717) is 10.6 Å². The summed E-state index contributed by atoms with van der Waals surface area (Å²) < 4.78 is 0. The zero-order valence-electron chi connectivity index (χ0n) is 6.58. The third-order valence-corrected chi connectivity index (χ3v) is 1.88. The number of hydrogen-bond acceptors (Lipinski definition) is 2. The van der Waals surface area contributed by atoms with Crippen LogP contribution in [0.25, 0.3) is 0 Å². The number of rotatable bonds is 1. The monoisotopic (exact) mass is 181 g/mol. The van der Waals surface area contributed by atoms with Crippen LogP contribution in [0, 0.1) is 18.3 Å². The van der Waals surface area contributed by atoms with Gasteiger partial charge in [-0.2, -0.15) is 5.26 Å². The van der Waals surface area contributed by atoms with Gasteiger partial charge in [0.2, 0.25) is 0 Å². The fraction of sp³-hybridized carbons (Fsp3) is 0.222. The van der Waals surface area contributed by atoms with E-state index in [1.165, 1.54) is 0 Å². The summed E-state index contributed by atoms with van der Waals surface area (Å²) in [5.74, 6) is 0. The number of nitrogens with zero attached hydrogens (tertiary/aromatic N) is 1. The van der Waals surface area contributed by atoms with Crippen molar-refractivity contribution in [3.63, 3.8) is 0 Å². The van der Waals surface area contributed by atoms with Gasteiger partial charge in [0.05, 0.1) is 6.07 Å². The zero-order chi connectivity index (χ0) is 9.14. The fourth-order valence-electron chi connectivity index (χ4n) is 1.02. The van der Waals surface area contributed by atoms with E-state index in [0.717, 1.165) is 5.56 Å². The van der Waals surface area contributed by atoms with Crippen LogP contribution in [0.2, 0.25) is 5.02 Å². The predicted octanol–water partition coefficient (Wildman–Crippen LogP) is 2.21. The highest BCUT2D eigenvalue weighted by Gasteiger charge is 2.08. The van der Waals surface area contributed by atoms with Gasteiger partial charge < -0.3 is 5.11 Å². The molecule has 62 valence electrons. The van der Waals surface area contributed by atoms with Gasteiger partial charge in [0.1, 0.15) is 0 Å². The Morgan fingerprint density at radius 1 is 1.58 bits per heavy atom. The maximum Gasteiger partial charge on any atom is 0.166 e. The van der Waals surface area contributed by atoms with Crippen LogP contribution in [0.1, 0.15) is 17.2 Å². The molecule has 0 spiro atoms. The third kappa shape index (κ3) is 1.76. The molecule has 0 bridgehead atoms. The molecule has 1 unspecified atom stereocenters. The lowest BCUT2D eigenvalue weighted by Gasteiger charge is -2.05. The van der Waals surface area contributed by atoms with Crippen molar-refractivity contribution in [1.82, 2.24) is 0 Å². The van der Waals surface area contributed by atoms with Gasteiger partial charge in [0.25, 0.3) is 0 Å².